The minimum atomic E-state index is 0.307. The SMILES string of the molecule is Clc1ccc(CC2CN(Cc3ccc(Cl)cc3Cl)NN(Cc3ccc(Cl)cc3Cl)C2)c(Cl)c1. The first-order valence-corrected chi connectivity index (χ1v) is 12.6. The molecule has 0 spiro atoms. The van der Waals surface area contributed by atoms with Crippen LogP contribution >= 0.6 is 69.6 Å². The summed E-state index contributed by atoms with van der Waals surface area (Å²) in [5, 5.41) is 8.12. The number of hydrazine groups is 2. The van der Waals surface area contributed by atoms with E-state index in [1.165, 1.54) is 0 Å². The zero-order chi connectivity index (χ0) is 23.5. The van der Waals surface area contributed by atoms with Crippen LogP contribution in [0.2, 0.25) is 30.1 Å². The van der Waals surface area contributed by atoms with Crippen LogP contribution in [-0.2, 0) is 19.5 Å². The monoisotopic (exact) mass is 561 g/mol. The van der Waals surface area contributed by atoms with Crippen LogP contribution in [0.1, 0.15) is 16.7 Å². The average molecular weight is 564 g/mol. The molecule has 0 unspecified atom stereocenters. The Balaban J connectivity index is 1.55. The van der Waals surface area contributed by atoms with Crippen molar-refractivity contribution in [2.24, 2.45) is 5.92 Å². The Hall–Kier alpha value is -0.720. The van der Waals surface area contributed by atoms with Gasteiger partial charge in [0.25, 0.3) is 0 Å². The molecule has 1 saturated heterocycles. The zero-order valence-corrected chi connectivity index (χ0v) is 22.0. The molecule has 0 saturated carbocycles. The Labute approximate surface area is 224 Å². The van der Waals surface area contributed by atoms with Crippen molar-refractivity contribution in [3.05, 3.63) is 101 Å². The summed E-state index contributed by atoms with van der Waals surface area (Å²) in [6.45, 7) is 2.85. The molecule has 1 N–H and O–H groups in total. The van der Waals surface area contributed by atoms with Crippen molar-refractivity contribution in [3.63, 3.8) is 0 Å². The second-order valence-electron chi connectivity index (χ2n) is 8.14. The summed E-state index contributed by atoms with van der Waals surface area (Å²) in [7, 11) is 0. The van der Waals surface area contributed by atoms with Crippen molar-refractivity contribution >= 4 is 69.6 Å². The Morgan fingerprint density at radius 3 is 1.39 bits per heavy atom. The van der Waals surface area contributed by atoms with E-state index in [9.17, 15) is 0 Å². The maximum atomic E-state index is 6.47. The normalized spacial score (nSPS) is 15.8. The second-order valence-corrected chi connectivity index (χ2v) is 10.7. The van der Waals surface area contributed by atoms with Crippen molar-refractivity contribution < 1.29 is 0 Å². The van der Waals surface area contributed by atoms with Gasteiger partial charge in [-0.1, -0.05) is 87.8 Å². The molecule has 3 nitrogen and oxygen atoms in total. The fraction of sp³-hybridized carbons (Fsp3) is 0.250. The quantitative estimate of drug-likeness (QED) is 0.326. The van der Waals surface area contributed by atoms with Crippen LogP contribution in [0.25, 0.3) is 0 Å². The fourth-order valence-electron chi connectivity index (χ4n) is 4.00. The Morgan fingerprint density at radius 1 is 0.606 bits per heavy atom. The third-order valence-electron chi connectivity index (χ3n) is 5.52. The van der Waals surface area contributed by atoms with Gasteiger partial charge in [0, 0.05) is 56.3 Å². The molecular weight excluding hydrogens is 543 g/mol. The number of benzene rings is 3. The van der Waals surface area contributed by atoms with E-state index in [1.54, 1.807) is 18.2 Å². The van der Waals surface area contributed by atoms with Gasteiger partial charge >= 0.3 is 0 Å². The molecule has 1 fully saturated rings. The lowest BCUT2D eigenvalue weighted by atomic mass is 9.97. The van der Waals surface area contributed by atoms with Gasteiger partial charge in [0.05, 0.1) is 0 Å². The van der Waals surface area contributed by atoms with Gasteiger partial charge in [0.15, 0.2) is 0 Å². The van der Waals surface area contributed by atoms with Crippen molar-refractivity contribution in [3.8, 4) is 0 Å². The Bertz CT molecular complexity index is 992. The van der Waals surface area contributed by atoms with Crippen LogP contribution in [0.15, 0.2) is 54.6 Å². The van der Waals surface area contributed by atoms with E-state index in [-0.39, 0.29) is 0 Å². The van der Waals surface area contributed by atoms with Gasteiger partial charge < -0.3 is 0 Å². The molecule has 0 atom stereocenters. The molecule has 9 heteroatoms. The van der Waals surface area contributed by atoms with Crippen LogP contribution in [-0.4, -0.2) is 23.1 Å². The van der Waals surface area contributed by atoms with Crippen LogP contribution in [0.5, 0.6) is 0 Å². The van der Waals surface area contributed by atoms with E-state index < -0.39 is 0 Å². The summed E-state index contributed by atoms with van der Waals surface area (Å²) in [6.07, 6.45) is 0.813. The number of hydrogen-bond donors (Lipinski definition) is 1. The Kier molecular flexibility index (Phi) is 8.72. The van der Waals surface area contributed by atoms with Gasteiger partial charge in [-0.3, -0.25) is 0 Å². The summed E-state index contributed by atoms with van der Waals surface area (Å²) in [4.78, 5) is 0. The molecule has 33 heavy (non-hydrogen) atoms. The van der Waals surface area contributed by atoms with Crippen LogP contribution < -0.4 is 5.53 Å². The van der Waals surface area contributed by atoms with Gasteiger partial charge in [0.1, 0.15) is 0 Å². The van der Waals surface area contributed by atoms with Crippen molar-refractivity contribution in [2.75, 3.05) is 13.1 Å². The third kappa shape index (κ3) is 6.91. The number of hydrogen-bond acceptors (Lipinski definition) is 3. The lowest BCUT2D eigenvalue weighted by Crippen LogP contribution is -2.58. The predicted octanol–water partition coefficient (Wildman–Crippen LogP) is 8.20. The second kappa shape index (κ2) is 11.3. The summed E-state index contributed by atoms with van der Waals surface area (Å²) in [5.74, 6) is 0.307. The van der Waals surface area contributed by atoms with E-state index in [1.807, 2.05) is 36.4 Å². The summed E-state index contributed by atoms with van der Waals surface area (Å²) >= 11 is 37.6. The smallest absolute Gasteiger partial charge is 0.0466 e. The predicted molar refractivity (Wildman–Crippen MR) is 141 cm³/mol. The summed E-state index contributed by atoms with van der Waals surface area (Å²) < 4.78 is 0. The van der Waals surface area contributed by atoms with Crippen LogP contribution in [0.4, 0.5) is 0 Å². The maximum Gasteiger partial charge on any atom is 0.0466 e. The number of nitrogens with zero attached hydrogens (tertiary/aromatic N) is 2. The number of rotatable bonds is 6. The molecular formula is C24H21Cl6N3. The number of nitrogens with one attached hydrogen (secondary N) is 1. The van der Waals surface area contributed by atoms with Crippen molar-refractivity contribution in [1.82, 2.24) is 15.6 Å². The molecule has 1 aliphatic heterocycles. The molecule has 0 aliphatic carbocycles. The van der Waals surface area contributed by atoms with Gasteiger partial charge in [0.2, 0.25) is 0 Å². The molecule has 1 heterocycles. The molecule has 4 rings (SSSR count). The molecule has 0 radical (unpaired) electrons. The largest absolute Gasteiger partial charge is 0.226 e. The van der Waals surface area contributed by atoms with Gasteiger partial charge in [-0.05, 0) is 65.4 Å². The van der Waals surface area contributed by atoms with E-state index in [2.05, 4.69) is 15.6 Å². The van der Waals surface area contributed by atoms with Crippen LogP contribution in [0, 0.1) is 5.92 Å². The fourth-order valence-corrected chi connectivity index (χ4v) is 5.42. The summed E-state index contributed by atoms with van der Waals surface area (Å²) in [6, 6.07) is 16.8. The van der Waals surface area contributed by atoms with E-state index in [0.717, 1.165) is 36.2 Å². The lowest BCUT2D eigenvalue weighted by Gasteiger charge is -2.41. The van der Waals surface area contributed by atoms with Gasteiger partial charge in [-0.15, -0.1) is 0 Å². The maximum absolute atomic E-state index is 6.47. The molecule has 3 aromatic carbocycles. The van der Waals surface area contributed by atoms with Crippen LogP contribution in [0.3, 0.4) is 0 Å². The highest BCUT2D eigenvalue weighted by Gasteiger charge is 2.27. The molecule has 0 bridgehead atoms. The zero-order valence-electron chi connectivity index (χ0n) is 17.5. The highest BCUT2D eigenvalue weighted by molar-refractivity contribution is 6.36. The lowest BCUT2D eigenvalue weighted by molar-refractivity contribution is -0.0539. The molecule has 0 aromatic heterocycles. The minimum absolute atomic E-state index is 0.307. The highest BCUT2D eigenvalue weighted by Crippen LogP contribution is 2.28. The average Bonchev–Trinajstić information content (AvgIpc) is 2.74. The first kappa shape index (κ1) is 25.4. The van der Waals surface area contributed by atoms with Gasteiger partial charge in [-0.2, -0.15) is 5.53 Å². The molecule has 0 amide bonds. The number of halogens is 6. The van der Waals surface area contributed by atoms with E-state index in [0.29, 0.717) is 49.1 Å². The standard InChI is InChI=1S/C24H21Cl6N3/c25-19-4-1-16(22(28)8-19)7-15-11-32(13-17-2-5-20(26)9-23(17)29)31-33(12-15)14-18-3-6-21(27)10-24(18)30/h1-6,8-10,15,31H,7,11-14H2. The third-order valence-corrected chi connectivity index (χ3v) is 7.28. The first-order valence-electron chi connectivity index (χ1n) is 10.3. The summed E-state index contributed by atoms with van der Waals surface area (Å²) in [5.41, 5.74) is 6.55. The highest BCUT2D eigenvalue weighted by atomic mass is 35.5. The van der Waals surface area contributed by atoms with E-state index >= 15 is 0 Å². The molecule has 174 valence electrons. The minimum Gasteiger partial charge on any atom is -0.226 e. The van der Waals surface area contributed by atoms with Crippen molar-refractivity contribution in [1.29, 1.82) is 0 Å². The van der Waals surface area contributed by atoms with Gasteiger partial charge in [-0.25, -0.2) is 10.0 Å². The van der Waals surface area contributed by atoms with E-state index in [4.69, 9.17) is 69.6 Å². The topological polar surface area (TPSA) is 18.5 Å². The first-order chi connectivity index (χ1) is 15.8. The Morgan fingerprint density at radius 2 is 1.00 bits per heavy atom. The molecule has 1 aliphatic rings. The molecule has 3 aromatic rings. The van der Waals surface area contributed by atoms with Crippen molar-refractivity contribution in [2.45, 2.75) is 19.5 Å².